The maximum atomic E-state index is 5.13. The zero-order chi connectivity index (χ0) is 21.2. The van der Waals surface area contributed by atoms with E-state index in [9.17, 15) is 0 Å². The molecule has 0 saturated heterocycles. The van der Waals surface area contributed by atoms with E-state index >= 15 is 0 Å². The average molecular weight is 391 g/mol. The van der Waals surface area contributed by atoms with Gasteiger partial charge in [-0.3, -0.25) is 9.98 Å². The Bertz CT molecular complexity index is 818. The fourth-order valence-electron chi connectivity index (χ4n) is 3.76. The van der Waals surface area contributed by atoms with Crippen molar-refractivity contribution in [1.82, 2.24) is 0 Å². The number of nitrogens with zero attached hydrogens (tertiary/aromatic N) is 2. The lowest BCUT2D eigenvalue weighted by Crippen LogP contribution is -2.14. The molecule has 0 bridgehead atoms. The van der Waals surface area contributed by atoms with Crippen LogP contribution in [0.15, 0.2) is 46.4 Å². The lowest BCUT2D eigenvalue weighted by Gasteiger charge is -2.12. The molecule has 0 fully saturated rings. The number of aryl methyl sites for hydroxylation is 4. The normalized spacial score (nSPS) is 12.5. The SMILES string of the molecule is CCCCCC(=Nc1cc(C)cc(C)c1)C(CCCC)=Nc1cc(C)cc(C)c1. The second-order valence-electron chi connectivity index (χ2n) is 8.37. The number of hydrogen-bond acceptors (Lipinski definition) is 2. The topological polar surface area (TPSA) is 24.7 Å². The van der Waals surface area contributed by atoms with E-state index in [4.69, 9.17) is 9.98 Å². The molecule has 0 saturated carbocycles. The molecule has 2 aromatic rings. The molecular formula is C27H38N2. The first-order valence-electron chi connectivity index (χ1n) is 11.2. The monoisotopic (exact) mass is 390 g/mol. The van der Waals surface area contributed by atoms with Crippen LogP contribution in [0.3, 0.4) is 0 Å². The van der Waals surface area contributed by atoms with Crippen molar-refractivity contribution in [2.24, 2.45) is 9.98 Å². The Balaban J connectivity index is 2.50. The Hall–Kier alpha value is -2.22. The molecule has 0 N–H and O–H groups in total. The third-order valence-corrected chi connectivity index (χ3v) is 5.06. The van der Waals surface area contributed by atoms with Gasteiger partial charge >= 0.3 is 0 Å². The van der Waals surface area contributed by atoms with Gasteiger partial charge in [0.15, 0.2) is 0 Å². The zero-order valence-electron chi connectivity index (χ0n) is 19.3. The van der Waals surface area contributed by atoms with Crippen molar-refractivity contribution in [2.75, 3.05) is 0 Å². The van der Waals surface area contributed by atoms with Crippen LogP contribution in [0, 0.1) is 27.7 Å². The number of rotatable bonds is 10. The molecular weight excluding hydrogens is 352 g/mol. The second kappa shape index (κ2) is 11.7. The van der Waals surface area contributed by atoms with Gasteiger partial charge in [0, 0.05) is 0 Å². The summed E-state index contributed by atoms with van der Waals surface area (Å²) in [6.07, 6.45) is 7.90. The van der Waals surface area contributed by atoms with Gasteiger partial charge in [-0.15, -0.1) is 0 Å². The van der Waals surface area contributed by atoms with Crippen LogP contribution in [0.1, 0.15) is 81.0 Å². The van der Waals surface area contributed by atoms with Crippen LogP contribution >= 0.6 is 0 Å². The molecule has 0 aliphatic rings. The highest BCUT2D eigenvalue weighted by atomic mass is 14.8. The van der Waals surface area contributed by atoms with E-state index in [1.807, 2.05) is 0 Å². The van der Waals surface area contributed by atoms with Gasteiger partial charge in [0.05, 0.1) is 22.8 Å². The molecule has 2 aromatic carbocycles. The molecule has 0 spiro atoms. The molecule has 2 rings (SSSR count). The van der Waals surface area contributed by atoms with Crippen LogP contribution < -0.4 is 0 Å². The van der Waals surface area contributed by atoms with Crippen LogP contribution in [-0.2, 0) is 0 Å². The van der Waals surface area contributed by atoms with Gasteiger partial charge in [0.25, 0.3) is 0 Å². The van der Waals surface area contributed by atoms with E-state index in [1.165, 1.54) is 35.1 Å². The molecule has 0 amide bonds. The number of aliphatic imine (C=N–C) groups is 2. The van der Waals surface area contributed by atoms with E-state index in [0.29, 0.717) is 0 Å². The largest absolute Gasteiger partial charge is 0.252 e. The van der Waals surface area contributed by atoms with Crippen LogP contribution in [-0.4, -0.2) is 11.4 Å². The average Bonchev–Trinajstić information content (AvgIpc) is 2.63. The first-order chi connectivity index (χ1) is 13.9. The fraction of sp³-hybridized carbons (Fsp3) is 0.481. The minimum absolute atomic E-state index is 0.985. The zero-order valence-corrected chi connectivity index (χ0v) is 19.3. The first-order valence-corrected chi connectivity index (χ1v) is 11.2. The van der Waals surface area contributed by atoms with Gasteiger partial charge in [-0.2, -0.15) is 0 Å². The second-order valence-corrected chi connectivity index (χ2v) is 8.37. The summed E-state index contributed by atoms with van der Waals surface area (Å²) < 4.78 is 0. The molecule has 2 heteroatoms. The molecule has 29 heavy (non-hydrogen) atoms. The Labute approximate surface area is 178 Å². The van der Waals surface area contributed by atoms with Gasteiger partial charge in [0.2, 0.25) is 0 Å². The maximum Gasteiger partial charge on any atom is 0.0639 e. The summed E-state index contributed by atoms with van der Waals surface area (Å²) in [5, 5.41) is 0. The van der Waals surface area contributed by atoms with Gasteiger partial charge in [-0.25, -0.2) is 0 Å². The minimum Gasteiger partial charge on any atom is -0.252 e. The van der Waals surface area contributed by atoms with E-state index in [-0.39, 0.29) is 0 Å². The highest BCUT2D eigenvalue weighted by Gasteiger charge is 2.11. The third-order valence-electron chi connectivity index (χ3n) is 5.06. The number of unbranched alkanes of at least 4 members (excludes halogenated alkanes) is 3. The van der Waals surface area contributed by atoms with E-state index in [2.05, 4.69) is 77.9 Å². The van der Waals surface area contributed by atoms with Crippen molar-refractivity contribution in [3.8, 4) is 0 Å². The predicted octanol–water partition coefficient (Wildman–Crippen LogP) is 8.54. The molecule has 0 atom stereocenters. The Kier molecular flexibility index (Phi) is 9.31. The quantitative estimate of drug-likeness (QED) is 0.287. The van der Waals surface area contributed by atoms with Gasteiger partial charge in [0.1, 0.15) is 0 Å². The molecule has 0 heterocycles. The van der Waals surface area contributed by atoms with Crippen molar-refractivity contribution in [3.63, 3.8) is 0 Å². The van der Waals surface area contributed by atoms with Crippen molar-refractivity contribution in [1.29, 1.82) is 0 Å². The number of benzene rings is 2. The van der Waals surface area contributed by atoms with Gasteiger partial charge in [-0.1, -0.05) is 45.2 Å². The molecule has 156 valence electrons. The summed E-state index contributed by atoms with van der Waals surface area (Å²) in [5.41, 5.74) is 9.48. The van der Waals surface area contributed by atoms with Crippen molar-refractivity contribution < 1.29 is 0 Å². The Morgan fingerprint density at radius 3 is 1.31 bits per heavy atom. The van der Waals surface area contributed by atoms with E-state index < -0.39 is 0 Å². The fourth-order valence-corrected chi connectivity index (χ4v) is 3.76. The Morgan fingerprint density at radius 1 is 0.552 bits per heavy atom. The highest BCUT2D eigenvalue weighted by molar-refractivity contribution is 6.43. The van der Waals surface area contributed by atoms with Crippen molar-refractivity contribution in [2.45, 2.75) is 86.5 Å². The third kappa shape index (κ3) is 7.97. The molecule has 0 aliphatic heterocycles. The molecule has 0 aromatic heterocycles. The van der Waals surface area contributed by atoms with Crippen LogP contribution in [0.2, 0.25) is 0 Å². The summed E-state index contributed by atoms with van der Waals surface area (Å²) >= 11 is 0. The highest BCUT2D eigenvalue weighted by Crippen LogP contribution is 2.22. The molecule has 0 aliphatic carbocycles. The van der Waals surface area contributed by atoms with Crippen molar-refractivity contribution in [3.05, 3.63) is 58.7 Å². The summed E-state index contributed by atoms with van der Waals surface area (Å²) in [7, 11) is 0. The molecule has 2 nitrogen and oxygen atoms in total. The maximum absolute atomic E-state index is 5.13. The summed E-state index contributed by atoms with van der Waals surface area (Å²) in [4.78, 5) is 10.3. The van der Waals surface area contributed by atoms with Gasteiger partial charge in [-0.05, 0) is 99.9 Å². The molecule has 0 radical (unpaired) electrons. The van der Waals surface area contributed by atoms with Crippen LogP contribution in [0.4, 0.5) is 11.4 Å². The van der Waals surface area contributed by atoms with E-state index in [0.717, 1.165) is 54.9 Å². The molecule has 0 unspecified atom stereocenters. The van der Waals surface area contributed by atoms with Gasteiger partial charge < -0.3 is 0 Å². The number of hydrogen-bond donors (Lipinski definition) is 0. The first kappa shape index (κ1) is 23.1. The summed E-state index contributed by atoms with van der Waals surface area (Å²) in [6, 6.07) is 13.1. The smallest absolute Gasteiger partial charge is 0.0639 e. The Morgan fingerprint density at radius 2 is 0.931 bits per heavy atom. The van der Waals surface area contributed by atoms with Crippen LogP contribution in [0.5, 0.6) is 0 Å². The lowest BCUT2D eigenvalue weighted by molar-refractivity contribution is 0.742. The standard InChI is InChI=1S/C27H38N2/c1-7-9-11-13-27(29-25-18-22(5)15-23(6)19-25)26(12-10-8-2)28-24-16-20(3)14-21(4)17-24/h14-19H,7-13H2,1-6H3. The summed E-state index contributed by atoms with van der Waals surface area (Å²) in [5.74, 6) is 0. The summed E-state index contributed by atoms with van der Waals surface area (Å²) in [6.45, 7) is 13.1. The van der Waals surface area contributed by atoms with E-state index in [1.54, 1.807) is 0 Å². The van der Waals surface area contributed by atoms with Crippen molar-refractivity contribution >= 4 is 22.8 Å². The predicted molar refractivity (Wildman–Crippen MR) is 130 cm³/mol. The van der Waals surface area contributed by atoms with Crippen LogP contribution in [0.25, 0.3) is 0 Å². The lowest BCUT2D eigenvalue weighted by atomic mass is 10.0. The minimum atomic E-state index is 0.985.